The number of nitro benzene ring substituents is 4. The SMILES string of the molecule is O=C(O)c1cc([N+](=O)[O-])cc([N+](=O)[O-])c1.O=C(O)c1cc([N+](=O)[O-])cc([N+](=O)[O-])c1.c1ccc(-c2ccncc2)nc1. The number of nitrogens with zero attached hydrogens (tertiary/aromatic N) is 6. The second-order valence-corrected chi connectivity index (χ2v) is 7.57. The van der Waals surface area contributed by atoms with Gasteiger partial charge in [-0.05, 0) is 24.3 Å². The van der Waals surface area contributed by atoms with Gasteiger partial charge >= 0.3 is 11.9 Å². The Balaban J connectivity index is 0.000000221. The fourth-order valence-corrected chi connectivity index (χ4v) is 2.92. The summed E-state index contributed by atoms with van der Waals surface area (Å²) >= 11 is 0. The van der Waals surface area contributed by atoms with Crippen molar-refractivity contribution in [3.8, 4) is 11.3 Å². The second-order valence-electron chi connectivity index (χ2n) is 7.57. The fourth-order valence-electron chi connectivity index (χ4n) is 2.92. The smallest absolute Gasteiger partial charge is 0.336 e. The number of hydrogen-bond donors (Lipinski definition) is 2. The number of non-ortho nitro benzene ring substituents is 4. The van der Waals surface area contributed by atoms with E-state index in [2.05, 4.69) is 9.97 Å². The summed E-state index contributed by atoms with van der Waals surface area (Å²) in [6, 6.07) is 14.2. The van der Waals surface area contributed by atoms with Gasteiger partial charge in [-0.2, -0.15) is 0 Å². The molecule has 0 radical (unpaired) electrons. The number of aromatic carboxylic acids is 2. The third kappa shape index (κ3) is 9.23. The third-order valence-corrected chi connectivity index (χ3v) is 4.78. The van der Waals surface area contributed by atoms with Crippen molar-refractivity contribution in [3.63, 3.8) is 0 Å². The number of carbonyl (C=O) groups is 2. The normalized spacial score (nSPS) is 9.62. The molecular weight excluding hydrogens is 564 g/mol. The van der Waals surface area contributed by atoms with E-state index in [1.165, 1.54) is 0 Å². The van der Waals surface area contributed by atoms with E-state index in [-0.39, 0.29) is 0 Å². The lowest BCUT2D eigenvalue weighted by Crippen LogP contribution is -2.00. The van der Waals surface area contributed by atoms with Crippen molar-refractivity contribution >= 4 is 34.7 Å². The van der Waals surface area contributed by atoms with Crippen LogP contribution in [0.1, 0.15) is 20.7 Å². The first kappa shape index (κ1) is 31.5. The molecule has 2 aromatic heterocycles. The highest BCUT2D eigenvalue weighted by Gasteiger charge is 2.20. The largest absolute Gasteiger partial charge is 0.478 e. The molecule has 18 heteroatoms. The van der Waals surface area contributed by atoms with Gasteiger partial charge in [0, 0.05) is 48.4 Å². The van der Waals surface area contributed by atoms with Gasteiger partial charge in [-0.1, -0.05) is 6.07 Å². The van der Waals surface area contributed by atoms with Gasteiger partial charge in [-0.3, -0.25) is 50.4 Å². The predicted octanol–water partition coefficient (Wildman–Crippen LogP) is 4.55. The molecule has 0 saturated heterocycles. The van der Waals surface area contributed by atoms with Crippen LogP contribution in [-0.2, 0) is 0 Å². The molecule has 0 unspecified atom stereocenters. The van der Waals surface area contributed by atoms with Gasteiger partial charge in [-0.25, -0.2) is 9.59 Å². The minimum absolute atomic E-state index is 0.490. The Kier molecular flexibility index (Phi) is 10.8. The molecule has 0 saturated carbocycles. The molecule has 0 bridgehead atoms. The van der Waals surface area contributed by atoms with Gasteiger partial charge in [0.05, 0.1) is 48.6 Å². The van der Waals surface area contributed by atoms with Gasteiger partial charge in [0.2, 0.25) is 0 Å². The Labute approximate surface area is 232 Å². The third-order valence-electron chi connectivity index (χ3n) is 4.78. The molecule has 214 valence electrons. The Morgan fingerprint density at radius 1 is 0.571 bits per heavy atom. The average molecular weight is 580 g/mol. The molecule has 4 aromatic rings. The topological polar surface area (TPSA) is 273 Å². The van der Waals surface area contributed by atoms with Crippen molar-refractivity contribution in [2.45, 2.75) is 0 Å². The average Bonchev–Trinajstić information content (AvgIpc) is 2.98. The van der Waals surface area contributed by atoms with Crippen LogP contribution < -0.4 is 0 Å². The van der Waals surface area contributed by atoms with Crippen LogP contribution in [0.3, 0.4) is 0 Å². The zero-order chi connectivity index (χ0) is 31.4. The van der Waals surface area contributed by atoms with Gasteiger partial charge in [0.1, 0.15) is 0 Å². The highest BCUT2D eigenvalue weighted by atomic mass is 16.6. The Hall–Kier alpha value is -6.72. The summed E-state index contributed by atoms with van der Waals surface area (Å²) in [6.07, 6.45) is 5.32. The first-order valence-corrected chi connectivity index (χ1v) is 11.0. The number of hydrogen-bond acceptors (Lipinski definition) is 12. The van der Waals surface area contributed by atoms with E-state index in [4.69, 9.17) is 10.2 Å². The quantitative estimate of drug-likeness (QED) is 0.224. The standard InChI is InChI=1S/C10H8N2.2C7H4N2O6/c1-2-6-12-10(3-1)9-4-7-11-8-5-9;2*10-7(11)4-1-5(8(12)13)3-6(2-4)9(14)15/h1-8H;2*1-3H,(H,10,11). The predicted molar refractivity (Wildman–Crippen MR) is 141 cm³/mol. The summed E-state index contributed by atoms with van der Waals surface area (Å²) in [5.41, 5.74) is -1.39. The maximum absolute atomic E-state index is 10.5. The summed E-state index contributed by atoms with van der Waals surface area (Å²) < 4.78 is 0. The van der Waals surface area contributed by atoms with Crippen molar-refractivity contribution < 1.29 is 39.5 Å². The summed E-state index contributed by atoms with van der Waals surface area (Å²) in [5.74, 6) is -2.91. The summed E-state index contributed by atoms with van der Waals surface area (Å²) in [5, 5.41) is 58.5. The lowest BCUT2D eigenvalue weighted by atomic mass is 10.2. The van der Waals surface area contributed by atoms with Gasteiger partial charge < -0.3 is 10.2 Å². The molecule has 2 N–H and O–H groups in total. The van der Waals surface area contributed by atoms with E-state index in [1.807, 2.05) is 30.3 Å². The summed E-state index contributed by atoms with van der Waals surface area (Å²) in [4.78, 5) is 67.0. The minimum atomic E-state index is -1.46. The van der Waals surface area contributed by atoms with Crippen LogP contribution in [0, 0.1) is 40.5 Å². The Morgan fingerprint density at radius 2 is 0.952 bits per heavy atom. The van der Waals surface area contributed by atoms with Crippen molar-refractivity contribution in [1.29, 1.82) is 0 Å². The highest BCUT2D eigenvalue weighted by molar-refractivity contribution is 5.90. The number of rotatable bonds is 7. The van der Waals surface area contributed by atoms with Crippen molar-refractivity contribution in [2.75, 3.05) is 0 Å². The molecule has 2 heterocycles. The number of benzene rings is 2. The maximum atomic E-state index is 10.5. The molecular formula is C24H16N6O12. The van der Waals surface area contributed by atoms with Gasteiger partial charge in [0.25, 0.3) is 22.7 Å². The number of carboxylic acid groups (broad SMARTS) is 2. The molecule has 2 aromatic carbocycles. The lowest BCUT2D eigenvalue weighted by molar-refractivity contribution is -0.394. The number of nitro groups is 4. The first-order chi connectivity index (χ1) is 19.8. The number of aromatic nitrogens is 2. The molecule has 0 atom stereocenters. The van der Waals surface area contributed by atoms with E-state index in [0.29, 0.717) is 12.1 Å². The lowest BCUT2D eigenvalue weighted by Gasteiger charge is -1.96. The van der Waals surface area contributed by atoms with Crippen LogP contribution >= 0.6 is 0 Å². The van der Waals surface area contributed by atoms with Crippen molar-refractivity contribution in [2.24, 2.45) is 0 Å². The number of carboxylic acids is 2. The molecule has 0 aliphatic rings. The van der Waals surface area contributed by atoms with Crippen LogP contribution in [0.2, 0.25) is 0 Å². The number of pyridine rings is 2. The minimum Gasteiger partial charge on any atom is -0.478 e. The van der Waals surface area contributed by atoms with E-state index < -0.39 is 65.5 Å². The molecule has 0 aliphatic carbocycles. The van der Waals surface area contributed by atoms with Crippen LogP contribution in [0.15, 0.2) is 85.3 Å². The summed E-state index contributed by atoms with van der Waals surface area (Å²) in [6.45, 7) is 0. The first-order valence-electron chi connectivity index (χ1n) is 11.0. The van der Waals surface area contributed by atoms with Gasteiger partial charge in [0.15, 0.2) is 0 Å². The van der Waals surface area contributed by atoms with E-state index in [1.54, 1.807) is 18.6 Å². The van der Waals surface area contributed by atoms with Gasteiger partial charge in [-0.15, -0.1) is 0 Å². The Bertz CT molecular complexity index is 1370. The van der Waals surface area contributed by atoms with Crippen molar-refractivity contribution in [1.82, 2.24) is 9.97 Å². The van der Waals surface area contributed by atoms with Crippen LogP contribution in [-0.4, -0.2) is 51.8 Å². The van der Waals surface area contributed by atoms with E-state index in [9.17, 15) is 50.0 Å². The highest BCUT2D eigenvalue weighted by Crippen LogP contribution is 2.23. The molecule has 4 rings (SSSR count). The molecule has 18 nitrogen and oxygen atoms in total. The van der Waals surface area contributed by atoms with Crippen LogP contribution in [0.5, 0.6) is 0 Å². The van der Waals surface area contributed by atoms with E-state index in [0.717, 1.165) is 35.5 Å². The fraction of sp³-hybridized carbons (Fsp3) is 0. The molecule has 0 spiro atoms. The summed E-state index contributed by atoms with van der Waals surface area (Å²) in [7, 11) is 0. The molecule has 42 heavy (non-hydrogen) atoms. The zero-order valence-electron chi connectivity index (χ0n) is 20.7. The Morgan fingerprint density at radius 3 is 1.24 bits per heavy atom. The van der Waals surface area contributed by atoms with E-state index >= 15 is 0 Å². The molecule has 0 fully saturated rings. The second kappa shape index (κ2) is 14.4. The monoisotopic (exact) mass is 580 g/mol. The maximum Gasteiger partial charge on any atom is 0.336 e. The molecule has 0 amide bonds. The zero-order valence-corrected chi connectivity index (χ0v) is 20.7. The van der Waals surface area contributed by atoms with Crippen molar-refractivity contribution in [3.05, 3.63) is 137 Å². The van der Waals surface area contributed by atoms with Crippen LogP contribution in [0.4, 0.5) is 22.7 Å². The molecule has 0 aliphatic heterocycles. The van der Waals surface area contributed by atoms with Crippen LogP contribution in [0.25, 0.3) is 11.3 Å².